The Morgan fingerprint density at radius 3 is 2.22 bits per heavy atom. The fourth-order valence-corrected chi connectivity index (χ4v) is 4.94. The highest BCUT2D eigenvalue weighted by Crippen LogP contribution is 2.58. The van der Waals surface area contributed by atoms with E-state index in [1.807, 2.05) is 4.68 Å². The topological polar surface area (TPSA) is 68.0 Å². The van der Waals surface area contributed by atoms with Gasteiger partial charge < -0.3 is 5.11 Å². The Kier molecular flexibility index (Phi) is 1.95. The molecule has 5 rings (SSSR count). The van der Waals surface area contributed by atoms with Crippen LogP contribution >= 0.6 is 0 Å². The van der Waals surface area contributed by atoms with Crippen LogP contribution in [0.2, 0.25) is 0 Å². The molecule has 1 heterocycles. The normalized spacial score (nSPS) is 41.2. The standard InChI is InChI=1S/C13H17N3O2/c17-12(18)11-14-7-16(15-11)13-4-8-1-9(5-13)3-10(2-8)6-13/h7-10H,1-6H2,(H,17,18). The number of aromatic carboxylic acids is 1. The van der Waals surface area contributed by atoms with Gasteiger partial charge in [0.15, 0.2) is 0 Å². The average Bonchev–Trinajstić information content (AvgIpc) is 2.76. The molecule has 18 heavy (non-hydrogen) atoms. The number of rotatable bonds is 2. The SMILES string of the molecule is O=C(O)c1ncn(C23CC4CC(CC(C4)C2)C3)n1. The fraction of sp³-hybridized carbons (Fsp3) is 0.769. The lowest BCUT2D eigenvalue weighted by Crippen LogP contribution is -2.52. The molecule has 4 saturated carbocycles. The van der Waals surface area contributed by atoms with Gasteiger partial charge >= 0.3 is 5.97 Å². The second kappa shape index (κ2) is 3.33. The summed E-state index contributed by atoms with van der Waals surface area (Å²) in [6.07, 6.45) is 9.26. The number of nitrogens with zero attached hydrogens (tertiary/aromatic N) is 3. The van der Waals surface area contributed by atoms with Crippen LogP contribution in [0.1, 0.15) is 49.1 Å². The lowest BCUT2D eigenvalue weighted by molar-refractivity contribution is -0.0496. The van der Waals surface area contributed by atoms with E-state index in [-0.39, 0.29) is 11.4 Å². The lowest BCUT2D eigenvalue weighted by atomic mass is 9.53. The Labute approximate surface area is 105 Å². The summed E-state index contributed by atoms with van der Waals surface area (Å²) in [6.45, 7) is 0. The maximum atomic E-state index is 10.9. The van der Waals surface area contributed by atoms with E-state index in [0.717, 1.165) is 17.8 Å². The van der Waals surface area contributed by atoms with Crippen LogP contribution in [0.4, 0.5) is 0 Å². The van der Waals surface area contributed by atoms with Gasteiger partial charge in [-0.1, -0.05) is 0 Å². The van der Waals surface area contributed by atoms with Crippen molar-refractivity contribution in [2.75, 3.05) is 0 Å². The molecule has 0 radical (unpaired) electrons. The van der Waals surface area contributed by atoms with Crippen molar-refractivity contribution < 1.29 is 9.90 Å². The maximum absolute atomic E-state index is 10.9. The van der Waals surface area contributed by atoms with E-state index in [1.54, 1.807) is 6.33 Å². The third-order valence-electron chi connectivity index (χ3n) is 5.18. The molecule has 0 saturated heterocycles. The van der Waals surface area contributed by atoms with Crippen LogP contribution in [0.15, 0.2) is 6.33 Å². The minimum atomic E-state index is -1.03. The first kappa shape index (κ1) is 10.5. The van der Waals surface area contributed by atoms with E-state index in [9.17, 15) is 4.79 Å². The molecule has 0 aliphatic heterocycles. The average molecular weight is 247 g/mol. The molecular weight excluding hydrogens is 230 g/mol. The summed E-state index contributed by atoms with van der Waals surface area (Å²) < 4.78 is 1.88. The summed E-state index contributed by atoms with van der Waals surface area (Å²) in [4.78, 5) is 14.8. The first-order chi connectivity index (χ1) is 8.64. The van der Waals surface area contributed by atoms with E-state index in [2.05, 4.69) is 10.1 Å². The second-order valence-electron chi connectivity index (χ2n) is 6.46. The Bertz CT molecular complexity index is 473. The van der Waals surface area contributed by atoms with Crippen molar-refractivity contribution in [2.45, 2.75) is 44.1 Å². The van der Waals surface area contributed by atoms with Crippen molar-refractivity contribution >= 4 is 5.97 Å². The summed E-state index contributed by atoms with van der Waals surface area (Å²) >= 11 is 0. The molecule has 0 amide bonds. The molecule has 0 atom stereocenters. The van der Waals surface area contributed by atoms with Gasteiger partial charge in [-0.15, -0.1) is 5.10 Å². The van der Waals surface area contributed by atoms with Gasteiger partial charge in [-0.25, -0.2) is 14.5 Å². The molecule has 0 unspecified atom stereocenters. The zero-order valence-electron chi connectivity index (χ0n) is 10.2. The minimum absolute atomic E-state index is 0.0641. The van der Waals surface area contributed by atoms with Crippen LogP contribution in [0, 0.1) is 17.8 Å². The largest absolute Gasteiger partial charge is 0.475 e. The van der Waals surface area contributed by atoms with Gasteiger partial charge in [0.2, 0.25) is 0 Å². The van der Waals surface area contributed by atoms with E-state index in [1.165, 1.54) is 38.5 Å². The first-order valence-electron chi connectivity index (χ1n) is 6.80. The Morgan fingerprint density at radius 2 is 1.78 bits per heavy atom. The van der Waals surface area contributed by atoms with Crippen LogP contribution in [0.5, 0.6) is 0 Å². The van der Waals surface area contributed by atoms with Gasteiger partial charge in [0.1, 0.15) is 6.33 Å². The Morgan fingerprint density at radius 1 is 1.22 bits per heavy atom. The van der Waals surface area contributed by atoms with E-state index >= 15 is 0 Å². The first-order valence-corrected chi connectivity index (χ1v) is 6.80. The molecule has 4 bridgehead atoms. The maximum Gasteiger partial charge on any atom is 0.375 e. The number of aromatic nitrogens is 3. The summed E-state index contributed by atoms with van der Waals surface area (Å²) in [6, 6.07) is 0. The summed E-state index contributed by atoms with van der Waals surface area (Å²) in [5, 5.41) is 13.1. The molecule has 1 aromatic heterocycles. The quantitative estimate of drug-likeness (QED) is 0.866. The van der Waals surface area contributed by atoms with Gasteiger partial charge in [0, 0.05) is 0 Å². The van der Waals surface area contributed by atoms with Gasteiger partial charge in [-0.3, -0.25) is 0 Å². The molecule has 4 aliphatic carbocycles. The fourth-order valence-electron chi connectivity index (χ4n) is 4.94. The molecular formula is C13H17N3O2. The highest BCUT2D eigenvalue weighted by atomic mass is 16.4. The predicted octanol–water partition coefficient (Wildman–Crippen LogP) is 1.90. The predicted molar refractivity (Wildman–Crippen MR) is 63.1 cm³/mol. The zero-order valence-corrected chi connectivity index (χ0v) is 10.2. The summed E-state index contributed by atoms with van der Waals surface area (Å²) in [7, 11) is 0. The van der Waals surface area contributed by atoms with Crippen molar-refractivity contribution in [1.82, 2.24) is 14.8 Å². The Balaban J connectivity index is 1.72. The number of hydrogen-bond donors (Lipinski definition) is 1. The molecule has 0 aromatic carbocycles. The van der Waals surface area contributed by atoms with Gasteiger partial charge in [0.05, 0.1) is 5.54 Å². The van der Waals surface area contributed by atoms with E-state index in [4.69, 9.17) is 5.11 Å². The van der Waals surface area contributed by atoms with Crippen LogP contribution in [0.25, 0.3) is 0 Å². The van der Waals surface area contributed by atoms with Crippen molar-refractivity contribution in [1.29, 1.82) is 0 Å². The van der Waals surface area contributed by atoms with Crippen molar-refractivity contribution in [3.05, 3.63) is 12.2 Å². The number of carbonyl (C=O) groups is 1. The summed E-state index contributed by atoms with van der Waals surface area (Å²) in [5.74, 6) is 1.39. The van der Waals surface area contributed by atoms with Crippen molar-refractivity contribution in [3.8, 4) is 0 Å². The number of carboxylic acid groups (broad SMARTS) is 1. The molecule has 96 valence electrons. The van der Waals surface area contributed by atoms with Gasteiger partial charge in [0.25, 0.3) is 5.82 Å². The minimum Gasteiger partial charge on any atom is -0.475 e. The molecule has 5 nitrogen and oxygen atoms in total. The highest BCUT2D eigenvalue weighted by Gasteiger charge is 2.52. The molecule has 4 aliphatic rings. The molecule has 1 aromatic rings. The second-order valence-corrected chi connectivity index (χ2v) is 6.46. The van der Waals surface area contributed by atoms with Crippen molar-refractivity contribution in [3.63, 3.8) is 0 Å². The van der Waals surface area contributed by atoms with E-state index in [0.29, 0.717) is 0 Å². The highest BCUT2D eigenvalue weighted by molar-refractivity contribution is 5.82. The van der Waals surface area contributed by atoms with Gasteiger partial charge in [-0.2, -0.15) is 0 Å². The monoisotopic (exact) mass is 247 g/mol. The molecule has 5 heteroatoms. The lowest BCUT2D eigenvalue weighted by Gasteiger charge is -2.56. The van der Waals surface area contributed by atoms with Crippen molar-refractivity contribution in [2.24, 2.45) is 17.8 Å². The number of carboxylic acids is 1. The van der Waals surface area contributed by atoms with Crippen LogP contribution in [0.3, 0.4) is 0 Å². The zero-order chi connectivity index (χ0) is 12.3. The summed E-state index contributed by atoms with van der Waals surface area (Å²) in [5.41, 5.74) is 0.0788. The third-order valence-corrected chi connectivity index (χ3v) is 5.18. The number of hydrogen-bond acceptors (Lipinski definition) is 3. The van der Waals surface area contributed by atoms with Crippen LogP contribution in [-0.4, -0.2) is 25.8 Å². The van der Waals surface area contributed by atoms with Crippen LogP contribution < -0.4 is 0 Å². The molecule has 1 N–H and O–H groups in total. The van der Waals surface area contributed by atoms with E-state index < -0.39 is 5.97 Å². The Hall–Kier alpha value is -1.39. The third kappa shape index (κ3) is 1.36. The van der Waals surface area contributed by atoms with Crippen LogP contribution in [-0.2, 0) is 5.54 Å². The molecule has 0 spiro atoms. The smallest absolute Gasteiger partial charge is 0.375 e. The van der Waals surface area contributed by atoms with Gasteiger partial charge in [-0.05, 0) is 56.3 Å². The molecule has 4 fully saturated rings.